The third kappa shape index (κ3) is 2.67. The molecule has 0 aromatic heterocycles. The molecule has 0 aliphatic carbocycles. The normalized spacial score (nSPS) is 24.5. The molecule has 1 aliphatic heterocycles. The summed E-state index contributed by atoms with van der Waals surface area (Å²) >= 11 is 0. The number of aliphatic hydroxyl groups excluding tert-OH is 1. The average Bonchev–Trinajstić information content (AvgIpc) is 2.11. The van der Waals surface area contributed by atoms with E-state index in [1.54, 1.807) is 0 Å². The van der Waals surface area contributed by atoms with Crippen LogP contribution < -0.4 is 5.32 Å². The summed E-state index contributed by atoms with van der Waals surface area (Å²) in [5, 5.41) is 11.6. The van der Waals surface area contributed by atoms with E-state index >= 15 is 0 Å². The van der Waals surface area contributed by atoms with Crippen LogP contribution in [0.2, 0.25) is 0 Å². The van der Waals surface area contributed by atoms with Gasteiger partial charge in [-0.3, -0.25) is 9.69 Å². The van der Waals surface area contributed by atoms with Gasteiger partial charge in [0.1, 0.15) is 0 Å². The van der Waals surface area contributed by atoms with Crippen LogP contribution in [0.4, 0.5) is 0 Å². The monoisotopic (exact) mass is 186 g/mol. The van der Waals surface area contributed by atoms with Gasteiger partial charge in [-0.05, 0) is 19.4 Å². The van der Waals surface area contributed by atoms with Crippen LogP contribution in [0.15, 0.2) is 0 Å². The molecule has 76 valence electrons. The summed E-state index contributed by atoms with van der Waals surface area (Å²) < 4.78 is 0. The minimum atomic E-state index is -0.112. The largest absolute Gasteiger partial charge is 0.396 e. The third-order valence-electron chi connectivity index (χ3n) is 2.36. The number of carbonyl (C=O) groups excluding carboxylic acids is 1. The maximum atomic E-state index is 11.4. The molecule has 0 aromatic rings. The van der Waals surface area contributed by atoms with E-state index in [1.807, 2.05) is 0 Å². The Balaban J connectivity index is 2.51. The average molecular weight is 186 g/mol. The van der Waals surface area contributed by atoms with Crippen LogP contribution in [-0.2, 0) is 4.79 Å². The number of rotatable bonds is 4. The fourth-order valence-electron chi connectivity index (χ4n) is 1.75. The van der Waals surface area contributed by atoms with E-state index < -0.39 is 0 Å². The molecule has 0 radical (unpaired) electrons. The first-order valence-electron chi connectivity index (χ1n) is 4.92. The number of hydrogen-bond acceptors (Lipinski definition) is 3. The fraction of sp³-hybridized carbons (Fsp3) is 0.889. The van der Waals surface area contributed by atoms with Crippen molar-refractivity contribution in [3.05, 3.63) is 0 Å². The molecule has 1 saturated heterocycles. The Labute approximate surface area is 78.9 Å². The summed E-state index contributed by atoms with van der Waals surface area (Å²) in [6.45, 7) is 4.77. The highest BCUT2D eigenvalue weighted by molar-refractivity contribution is 5.82. The summed E-state index contributed by atoms with van der Waals surface area (Å²) in [5.74, 6) is 0.0637. The van der Waals surface area contributed by atoms with Crippen LogP contribution in [-0.4, -0.2) is 48.2 Å². The highest BCUT2D eigenvalue weighted by atomic mass is 16.3. The smallest absolute Gasteiger partial charge is 0.237 e. The van der Waals surface area contributed by atoms with Gasteiger partial charge in [0, 0.05) is 19.7 Å². The number of hydrogen-bond donors (Lipinski definition) is 2. The molecule has 1 amide bonds. The van der Waals surface area contributed by atoms with Crippen LogP contribution >= 0.6 is 0 Å². The first kappa shape index (κ1) is 10.5. The van der Waals surface area contributed by atoms with E-state index in [0.717, 1.165) is 26.1 Å². The minimum absolute atomic E-state index is 0.0637. The third-order valence-corrected chi connectivity index (χ3v) is 2.36. The molecule has 0 bridgehead atoms. The molecule has 1 atom stereocenters. The summed E-state index contributed by atoms with van der Waals surface area (Å²) in [7, 11) is 0. The Morgan fingerprint density at radius 2 is 2.46 bits per heavy atom. The van der Waals surface area contributed by atoms with E-state index in [2.05, 4.69) is 17.1 Å². The van der Waals surface area contributed by atoms with Crippen LogP contribution in [0.1, 0.15) is 19.8 Å². The van der Waals surface area contributed by atoms with Gasteiger partial charge in [-0.15, -0.1) is 0 Å². The summed E-state index contributed by atoms with van der Waals surface area (Å²) in [5.41, 5.74) is 0. The molecule has 4 heteroatoms. The fourth-order valence-corrected chi connectivity index (χ4v) is 1.75. The molecule has 1 heterocycles. The molecular weight excluding hydrogens is 168 g/mol. The molecule has 2 N–H and O–H groups in total. The molecule has 4 nitrogen and oxygen atoms in total. The van der Waals surface area contributed by atoms with Crippen LogP contribution in [0.5, 0.6) is 0 Å². The van der Waals surface area contributed by atoms with E-state index in [-0.39, 0.29) is 18.6 Å². The second-order valence-corrected chi connectivity index (χ2v) is 3.36. The van der Waals surface area contributed by atoms with Crippen LogP contribution in [0.25, 0.3) is 0 Å². The molecule has 0 saturated carbocycles. The summed E-state index contributed by atoms with van der Waals surface area (Å²) in [6.07, 6.45) is 1.60. The van der Waals surface area contributed by atoms with Crippen molar-refractivity contribution < 1.29 is 9.90 Å². The van der Waals surface area contributed by atoms with E-state index in [0.29, 0.717) is 6.42 Å². The van der Waals surface area contributed by atoms with Crippen molar-refractivity contribution in [3.63, 3.8) is 0 Å². The van der Waals surface area contributed by atoms with Crippen molar-refractivity contribution in [2.45, 2.75) is 25.8 Å². The topological polar surface area (TPSA) is 52.6 Å². The predicted molar refractivity (Wildman–Crippen MR) is 50.4 cm³/mol. The molecule has 1 unspecified atom stereocenters. The van der Waals surface area contributed by atoms with Gasteiger partial charge < -0.3 is 10.4 Å². The molecule has 0 spiro atoms. The second kappa shape index (κ2) is 5.19. The van der Waals surface area contributed by atoms with Crippen molar-refractivity contribution in [1.29, 1.82) is 0 Å². The zero-order valence-corrected chi connectivity index (χ0v) is 8.12. The SMILES string of the molecule is CCCN1CCNC(=O)C1CCO. The Morgan fingerprint density at radius 3 is 3.08 bits per heavy atom. The number of nitrogens with one attached hydrogen (secondary N) is 1. The standard InChI is InChI=1S/C9H18N2O2/c1-2-5-11-6-4-10-9(13)8(11)3-7-12/h8,12H,2-7H2,1H3,(H,10,13). The van der Waals surface area contributed by atoms with Crippen LogP contribution in [0, 0.1) is 0 Å². The lowest BCUT2D eigenvalue weighted by Gasteiger charge is -2.34. The van der Waals surface area contributed by atoms with Gasteiger partial charge in [-0.1, -0.05) is 6.92 Å². The van der Waals surface area contributed by atoms with Gasteiger partial charge in [0.2, 0.25) is 5.91 Å². The Bertz CT molecular complexity index is 171. The number of aliphatic hydroxyl groups is 1. The Morgan fingerprint density at radius 1 is 1.69 bits per heavy atom. The van der Waals surface area contributed by atoms with E-state index in [1.165, 1.54) is 0 Å². The molecule has 0 aromatic carbocycles. The van der Waals surface area contributed by atoms with Crippen molar-refractivity contribution in [1.82, 2.24) is 10.2 Å². The Hall–Kier alpha value is -0.610. The lowest BCUT2D eigenvalue weighted by molar-refractivity contribution is -0.129. The molecule has 13 heavy (non-hydrogen) atoms. The van der Waals surface area contributed by atoms with Gasteiger partial charge in [0.25, 0.3) is 0 Å². The molecule has 1 fully saturated rings. The summed E-state index contributed by atoms with van der Waals surface area (Å²) in [4.78, 5) is 13.6. The quantitative estimate of drug-likeness (QED) is 0.627. The van der Waals surface area contributed by atoms with Crippen molar-refractivity contribution in [2.24, 2.45) is 0 Å². The first-order chi connectivity index (χ1) is 6.29. The Kier molecular flexibility index (Phi) is 4.18. The highest BCUT2D eigenvalue weighted by Crippen LogP contribution is 2.08. The van der Waals surface area contributed by atoms with Crippen molar-refractivity contribution in [3.8, 4) is 0 Å². The first-order valence-corrected chi connectivity index (χ1v) is 4.92. The zero-order valence-electron chi connectivity index (χ0n) is 8.12. The minimum Gasteiger partial charge on any atom is -0.396 e. The maximum Gasteiger partial charge on any atom is 0.237 e. The number of carbonyl (C=O) groups is 1. The van der Waals surface area contributed by atoms with Gasteiger partial charge in [-0.25, -0.2) is 0 Å². The summed E-state index contributed by atoms with van der Waals surface area (Å²) in [6, 6.07) is -0.112. The lowest BCUT2D eigenvalue weighted by Crippen LogP contribution is -2.55. The van der Waals surface area contributed by atoms with E-state index in [4.69, 9.17) is 5.11 Å². The molecule has 1 rings (SSSR count). The second-order valence-electron chi connectivity index (χ2n) is 3.36. The number of amides is 1. The van der Waals surface area contributed by atoms with Gasteiger partial charge in [0.15, 0.2) is 0 Å². The molecule has 1 aliphatic rings. The van der Waals surface area contributed by atoms with Crippen molar-refractivity contribution >= 4 is 5.91 Å². The van der Waals surface area contributed by atoms with Crippen molar-refractivity contribution in [2.75, 3.05) is 26.2 Å². The number of nitrogens with zero attached hydrogens (tertiary/aromatic N) is 1. The lowest BCUT2D eigenvalue weighted by atomic mass is 10.1. The molecular formula is C9H18N2O2. The number of piperazine rings is 1. The van der Waals surface area contributed by atoms with Crippen LogP contribution in [0.3, 0.4) is 0 Å². The van der Waals surface area contributed by atoms with Gasteiger partial charge >= 0.3 is 0 Å². The van der Waals surface area contributed by atoms with E-state index in [9.17, 15) is 4.79 Å². The maximum absolute atomic E-state index is 11.4. The predicted octanol–water partition coefficient (Wildman–Crippen LogP) is -0.421. The highest BCUT2D eigenvalue weighted by Gasteiger charge is 2.27. The van der Waals surface area contributed by atoms with Gasteiger partial charge in [-0.2, -0.15) is 0 Å². The zero-order chi connectivity index (χ0) is 9.68. The van der Waals surface area contributed by atoms with Gasteiger partial charge in [0.05, 0.1) is 6.04 Å².